The van der Waals surface area contributed by atoms with Gasteiger partial charge in [-0.25, -0.2) is 0 Å². The van der Waals surface area contributed by atoms with Gasteiger partial charge in [0.2, 0.25) is 5.91 Å². The molecule has 138 valence electrons. The van der Waals surface area contributed by atoms with Crippen LogP contribution in [0.2, 0.25) is 0 Å². The first-order chi connectivity index (χ1) is 10.5. The van der Waals surface area contributed by atoms with Crippen molar-refractivity contribution in [2.45, 2.75) is 52.2 Å². The number of hydrogen-bond acceptors (Lipinski definition) is 3. The quantitative estimate of drug-likeness (QED) is 0.802. The van der Waals surface area contributed by atoms with Crippen LogP contribution in [-0.2, 0) is 17.9 Å². The monoisotopic (exact) mass is 375 g/mol. The minimum absolute atomic E-state index is 0. The van der Waals surface area contributed by atoms with E-state index in [1.165, 1.54) is 37.1 Å². The Morgan fingerprint density at radius 1 is 1.25 bits per heavy atom. The number of nitrogens with two attached hydrogens (primary N) is 1. The number of nitrogens with one attached hydrogen (secondary N) is 1. The Kier molecular flexibility index (Phi) is 11.3. The van der Waals surface area contributed by atoms with Crippen molar-refractivity contribution >= 4 is 30.7 Å². The van der Waals surface area contributed by atoms with Crippen molar-refractivity contribution in [2.75, 3.05) is 13.1 Å². The van der Waals surface area contributed by atoms with Crippen molar-refractivity contribution in [1.82, 2.24) is 10.2 Å². The van der Waals surface area contributed by atoms with Gasteiger partial charge in [0.05, 0.1) is 0 Å². The molecular weight excluding hydrogens is 345 g/mol. The number of amides is 1. The summed E-state index contributed by atoms with van der Waals surface area (Å²) in [6, 6.07) is 8.30. The van der Waals surface area contributed by atoms with E-state index in [0.717, 1.165) is 12.5 Å². The number of piperidine rings is 1. The van der Waals surface area contributed by atoms with Crippen LogP contribution in [0.3, 0.4) is 0 Å². The molecule has 0 bridgehead atoms. The van der Waals surface area contributed by atoms with Gasteiger partial charge in [0.15, 0.2) is 0 Å². The normalized spacial score (nSPS) is 16.6. The van der Waals surface area contributed by atoms with E-state index < -0.39 is 0 Å². The highest BCUT2D eigenvalue weighted by molar-refractivity contribution is 5.85. The van der Waals surface area contributed by atoms with E-state index in [4.69, 9.17) is 5.73 Å². The van der Waals surface area contributed by atoms with Gasteiger partial charge >= 0.3 is 0 Å². The van der Waals surface area contributed by atoms with Crippen LogP contribution in [0.25, 0.3) is 0 Å². The Hall–Kier alpha value is -0.810. The average molecular weight is 376 g/mol. The molecule has 1 amide bonds. The van der Waals surface area contributed by atoms with Crippen molar-refractivity contribution in [3.8, 4) is 0 Å². The second-order valence-corrected chi connectivity index (χ2v) is 6.69. The summed E-state index contributed by atoms with van der Waals surface area (Å²) in [5.74, 6) is 0.876. The summed E-state index contributed by atoms with van der Waals surface area (Å²) in [7, 11) is 0. The molecule has 1 atom stereocenters. The molecule has 3 N–H and O–H groups in total. The topological polar surface area (TPSA) is 58.4 Å². The molecule has 1 aromatic rings. The average Bonchev–Trinajstić information content (AvgIpc) is 2.48. The lowest BCUT2D eigenvalue weighted by atomic mass is 9.98. The lowest BCUT2D eigenvalue weighted by Gasteiger charge is -2.30. The number of benzene rings is 1. The predicted molar refractivity (Wildman–Crippen MR) is 105 cm³/mol. The van der Waals surface area contributed by atoms with Gasteiger partial charge in [-0.15, -0.1) is 24.8 Å². The van der Waals surface area contributed by atoms with Gasteiger partial charge in [-0.1, -0.05) is 31.2 Å². The summed E-state index contributed by atoms with van der Waals surface area (Å²) in [6.07, 6.45) is 2.95. The van der Waals surface area contributed by atoms with Crippen LogP contribution in [-0.4, -0.2) is 29.9 Å². The highest BCUT2D eigenvalue weighted by Gasteiger charge is 2.16. The van der Waals surface area contributed by atoms with Gasteiger partial charge in [0.1, 0.15) is 0 Å². The zero-order valence-corrected chi connectivity index (χ0v) is 16.3. The zero-order chi connectivity index (χ0) is 15.9. The fourth-order valence-corrected chi connectivity index (χ4v) is 2.90. The highest BCUT2D eigenvalue weighted by Crippen LogP contribution is 2.19. The third-order valence-corrected chi connectivity index (χ3v) is 4.37. The first-order valence-corrected chi connectivity index (χ1v) is 8.36. The van der Waals surface area contributed by atoms with Crippen LogP contribution >= 0.6 is 24.8 Å². The number of rotatable bonds is 6. The summed E-state index contributed by atoms with van der Waals surface area (Å²) >= 11 is 0. The van der Waals surface area contributed by atoms with Crippen LogP contribution in [0.1, 0.15) is 44.2 Å². The smallest absolute Gasteiger partial charge is 0.221 e. The summed E-state index contributed by atoms with van der Waals surface area (Å²) in [6.45, 7) is 8.10. The van der Waals surface area contributed by atoms with Crippen molar-refractivity contribution in [1.29, 1.82) is 0 Å². The van der Waals surface area contributed by atoms with E-state index in [2.05, 4.69) is 35.3 Å². The first kappa shape index (κ1) is 23.2. The lowest BCUT2D eigenvalue weighted by Crippen LogP contribution is -2.33. The molecule has 1 aliphatic rings. The van der Waals surface area contributed by atoms with Gasteiger partial charge in [0, 0.05) is 25.6 Å². The van der Waals surface area contributed by atoms with Crippen LogP contribution in [0, 0.1) is 5.92 Å². The van der Waals surface area contributed by atoms with Gasteiger partial charge in [-0.3, -0.25) is 9.69 Å². The van der Waals surface area contributed by atoms with E-state index in [1.54, 1.807) is 0 Å². The molecule has 0 radical (unpaired) electrons. The first-order valence-electron chi connectivity index (χ1n) is 8.36. The Labute approximate surface area is 158 Å². The van der Waals surface area contributed by atoms with Crippen LogP contribution in [0.15, 0.2) is 24.3 Å². The summed E-state index contributed by atoms with van der Waals surface area (Å²) in [4.78, 5) is 14.3. The molecule has 1 unspecified atom stereocenters. The van der Waals surface area contributed by atoms with Crippen molar-refractivity contribution in [3.05, 3.63) is 35.4 Å². The molecule has 0 aromatic heterocycles. The van der Waals surface area contributed by atoms with E-state index in [0.29, 0.717) is 13.0 Å². The number of hydrogen-bond donors (Lipinski definition) is 2. The highest BCUT2D eigenvalue weighted by atomic mass is 35.5. The molecule has 0 spiro atoms. The summed E-state index contributed by atoms with van der Waals surface area (Å²) in [5, 5.41) is 2.98. The van der Waals surface area contributed by atoms with Crippen LogP contribution in [0.5, 0.6) is 0 Å². The molecule has 6 heteroatoms. The fourth-order valence-electron chi connectivity index (χ4n) is 2.90. The minimum Gasteiger partial charge on any atom is -0.352 e. The molecule has 1 saturated heterocycles. The standard InChI is InChI=1S/C18H29N3O.2ClH/c1-14-7-9-21(10-8-14)13-17-6-4-3-5-16(17)12-20-18(22)11-15(2)19;;/h3-6,14-15H,7-13,19H2,1-2H3,(H,20,22);2*1H. The molecule has 2 rings (SSSR count). The van der Waals surface area contributed by atoms with Gasteiger partial charge < -0.3 is 11.1 Å². The van der Waals surface area contributed by atoms with Crippen LogP contribution in [0.4, 0.5) is 0 Å². The van der Waals surface area contributed by atoms with E-state index >= 15 is 0 Å². The van der Waals surface area contributed by atoms with Gasteiger partial charge in [0.25, 0.3) is 0 Å². The third kappa shape index (κ3) is 7.84. The van der Waals surface area contributed by atoms with E-state index in [9.17, 15) is 4.79 Å². The molecule has 0 aliphatic carbocycles. The van der Waals surface area contributed by atoms with Crippen molar-refractivity contribution in [3.63, 3.8) is 0 Å². The summed E-state index contributed by atoms with van der Waals surface area (Å²) < 4.78 is 0. The number of nitrogens with zero attached hydrogens (tertiary/aromatic N) is 1. The predicted octanol–water partition coefficient (Wildman–Crippen LogP) is 3.12. The second kappa shape index (κ2) is 11.7. The van der Waals surface area contributed by atoms with Gasteiger partial charge in [-0.05, 0) is 49.9 Å². The fraction of sp³-hybridized carbons (Fsp3) is 0.611. The molecular formula is C18H31Cl2N3O. The maximum absolute atomic E-state index is 11.8. The molecule has 1 fully saturated rings. The minimum atomic E-state index is -0.0921. The van der Waals surface area contributed by atoms with E-state index in [-0.39, 0.29) is 36.8 Å². The molecule has 4 nitrogen and oxygen atoms in total. The molecule has 0 saturated carbocycles. The molecule has 24 heavy (non-hydrogen) atoms. The number of likely N-dealkylation sites (tertiary alicyclic amines) is 1. The van der Waals surface area contributed by atoms with E-state index in [1.807, 2.05) is 13.0 Å². The Morgan fingerprint density at radius 3 is 2.42 bits per heavy atom. The molecule has 1 heterocycles. The van der Waals surface area contributed by atoms with Gasteiger partial charge in [-0.2, -0.15) is 0 Å². The summed E-state index contributed by atoms with van der Waals surface area (Å²) in [5.41, 5.74) is 8.18. The Morgan fingerprint density at radius 2 is 1.83 bits per heavy atom. The maximum atomic E-state index is 11.8. The third-order valence-electron chi connectivity index (χ3n) is 4.37. The van der Waals surface area contributed by atoms with Crippen molar-refractivity contribution < 1.29 is 4.79 Å². The SMILES string of the molecule is CC(N)CC(=O)NCc1ccccc1CN1CCC(C)CC1.Cl.Cl. The second-order valence-electron chi connectivity index (χ2n) is 6.69. The lowest BCUT2D eigenvalue weighted by molar-refractivity contribution is -0.121. The number of carbonyl (C=O) groups excluding carboxylic acids is 1. The largest absolute Gasteiger partial charge is 0.352 e. The van der Waals surface area contributed by atoms with Crippen molar-refractivity contribution in [2.24, 2.45) is 11.7 Å². The maximum Gasteiger partial charge on any atom is 0.221 e. The molecule has 1 aromatic carbocycles. The zero-order valence-electron chi connectivity index (χ0n) is 14.7. The number of carbonyl (C=O) groups is 1. The molecule has 1 aliphatic heterocycles. The Balaban J connectivity index is 0.00000264. The number of halogens is 2. The van der Waals surface area contributed by atoms with Crippen LogP contribution < -0.4 is 11.1 Å². The Bertz CT molecular complexity index is 489.